The molecule has 0 saturated heterocycles. The van der Waals surface area contributed by atoms with Crippen LogP contribution in [-0.4, -0.2) is 18.2 Å². The summed E-state index contributed by atoms with van der Waals surface area (Å²) in [6.07, 6.45) is -3.30. The molecule has 2 amide bonds. The second-order valence-corrected chi connectivity index (χ2v) is 4.65. The molecule has 0 bridgehead atoms. The average molecular weight is 272 g/mol. The molecule has 1 aromatic carbocycles. The SMILES string of the molecule is O=C(Nc1ccccc1CCC(F)(F)F)NC1CC1. The predicted molar refractivity (Wildman–Crippen MR) is 66.0 cm³/mol. The fourth-order valence-corrected chi connectivity index (χ4v) is 1.71. The maximum absolute atomic E-state index is 12.2. The van der Waals surface area contributed by atoms with E-state index in [1.165, 1.54) is 0 Å². The van der Waals surface area contributed by atoms with Crippen LogP contribution in [0, 0.1) is 0 Å². The van der Waals surface area contributed by atoms with Crippen molar-refractivity contribution in [2.75, 3.05) is 5.32 Å². The van der Waals surface area contributed by atoms with Gasteiger partial charge in [-0.25, -0.2) is 4.79 Å². The summed E-state index contributed by atoms with van der Waals surface area (Å²) in [5.74, 6) is 0. The molecule has 2 N–H and O–H groups in total. The highest BCUT2D eigenvalue weighted by Gasteiger charge is 2.27. The second kappa shape index (κ2) is 5.50. The van der Waals surface area contributed by atoms with Gasteiger partial charge in [0.25, 0.3) is 0 Å². The van der Waals surface area contributed by atoms with Crippen LogP contribution >= 0.6 is 0 Å². The molecule has 1 fully saturated rings. The zero-order chi connectivity index (χ0) is 13.9. The van der Waals surface area contributed by atoms with Crippen LogP contribution in [0.4, 0.5) is 23.7 Å². The summed E-state index contributed by atoms with van der Waals surface area (Å²) in [5, 5.41) is 5.33. The molecule has 104 valence electrons. The molecule has 1 saturated carbocycles. The van der Waals surface area contributed by atoms with Gasteiger partial charge in [-0.15, -0.1) is 0 Å². The monoisotopic (exact) mass is 272 g/mol. The molecule has 1 aliphatic carbocycles. The topological polar surface area (TPSA) is 41.1 Å². The Balaban J connectivity index is 1.96. The first-order valence-electron chi connectivity index (χ1n) is 6.16. The van der Waals surface area contributed by atoms with E-state index in [-0.39, 0.29) is 18.5 Å². The van der Waals surface area contributed by atoms with Gasteiger partial charge in [0.1, 0.15) is 0 Å². The number of carbonyl (C=O) groups is 1. The number of hydrogen-bond donors (Lipinski definition) is 2. The molecule has 0 aliphatic heterocycles. The Hall–Kier alpha value is -1.72. The van der Waals surface area contributed by atoms with Gasteiger partial charge in [0.05, 0.1) is 0 Å². The third-order valence-corrected chi connectivity index (χ3v) is 2.86. The summed E-state index contributed by atoms with van der Waals surface area (Å²) in [6.45, 7) is 0. The maximum atomic E-state index is 12.2. The number of benzene rings is 1. The molecule has 0 unspecified atom stereocenters. The molecule has 0 aromatic heterocycles. The summed E-state index contributed by atoms with van der Waals surface area (Å²) in [5.41, 5.74) is 0.927. The van der Waals surface area contributed by atoms with Crippen LogP contribution in [-0.2, 0) is 6.42 Å². The number of urea groups is 1. The van der Waals surface area contributed by atoms with E-state index in [2.05, 4.69) is 10.6 Å². The molecule has 0 spiro atoms. The normalized spacial score (nSPS) is 15.1. The van der Waals surface area contributed by atoms with Gasteiger partial charge in [-0.3, -0.25) is 0 Å². The Kier molecular flexibility index (Phi) is 3.97. The van der Waals surface area contributed by atoms with Gasteiger partial charge in [0, 0.05) is 18.2 Å². The van der Waals surface area contributed by atoms with Crippen molar-refractivity contribution >= 4 is 11.7 Å². The van der Waals surface area contributed by atoms with E-state index in [0.717, 1.165) is 12.8 Å². The van der Waals surface area contributed by atoms with E-state index in [9.17, 15) is 18.0 Å². The van der Waals surface area contributed by atoms with Crippen LogP contribution < -0.4 is 10.6 Å². The van der Waals surface area contributed by atoms with E-state index in [1.54, 1.807) is 24.3 Å². The van der Waals surface area contributed by atoms with E-state index in [0.29, 0.717) is 11.3 Å². The van der Waals surface area contributed by atoms with E-state index in [1.807, 2.05) is 0 Å². The number of halogens is 3. The number of aryl methyl sites for hydroxylation is 1. The number of anilines is 1. The van der Waals surface area contributed by atoms with Gasteiger partial charge in [0.15, 0.2) is 0 Å². The number of amides is 2. The van der Waals surface area contributed by atoms with Crippen LogP contribution in [0.25, 0.3) is 0 Å². The maximum Gasteiger partial charge on any atom is 0.389 e. The summed E-state index contributed by atoms with van der Waals surface area (Å²) in [4.78, 5) is 11.6. The minimum atomic E-state index is -4.19. The summed E-state index contributed by atoms with van der Waals surface area (Å²) >= 11 is 0. The molecule has 19 heavy (non-hydrogen) atoms. The quantitative estimate of drug-likeness (QED) is 0.865. The van der Waals surface area contributed by atoms with Crippen LogP contribution in [0.5, 0.6) is 0 Å². The minimum absolute atomic E-state index is 0.136. The van der Waals surface area contributed by atoms with Crippen molar-refractivity contribution in [3.05, 3.63) is 29.8 Å². The fraction of sp³-hybridized carbons (Fsp3) is 0.462. The molecule has 3 nitrogen and oxygen atoms in total. The molecular weight excluding hydrogens is 257 g/mol. The first-order valence-corrected chi connectivity index (χ1v) is 6.16. The van der Waals surface area contributed by atoms with Crippen LogP contribution in [0.1, 0.15) is 24.8 Å². The van der Waals surface area contributed by atoms with Crippen molar-refractivity contribution in [2.24, 2.45) is 0 Å². The fourth-order valence-electron chi connectivity index (χ4n) is 1.71. The smallest absolute Gasteiger partial charge is 0.335 e. The highest BCUT2D eigenvalue weighted by Crippen LogP contribution is 2.25. The van der Waals surface area contributed by atoms with E-state index < -0.39 is 12.6 Å². The number of nitrogens with one attached hydrogen (secondary N) is 2. The lowest BCUT2D eigenvalue weighted by molar-refractivity contribution is -0.133. The Morgan fingerprint density at radius 1 is 1.26 bits per heavy atom. The number of para-hydroxylation sites is 1. The number of carbonyl (C=O) groups excluding carboxylic acids is 1. The van der Waals surface area contributed by atoms with Crippen LogP contribution in [0.2, 0.25) is 0 Å². The van der Waals surface area contributed by atoms with Crippen molar-refractivity contribution in [3.63, 3.8) is 0 Å². The minimum Gasteiger partial charge on any atom is -0.335 e. The Bertz CT molecular complexity index is 455. The predicted octanol–water partition coefficient (Wildman–Crippen LogP) is 3.47. The third kappa shape index (κ3) is 4.81. The van der Waals surface area contributed by atoms with Gasteiger partial charge in [-0.1, -0.05) is 18.2 Å². The van der Waals surface area contributed by atoms with E-state index >= 15 is 0 Å². The van der Waals surface area contributed by atoms with Gasteiger partial charge in [0.2, 0.25) is 0 Å². The highest BCUT2D eigenvalue weighted by molar-refractivity contribution is 5.90. The lowest BCUT2D eigenvalue weighted by atomic mass is 10.1. The molecule has 6 heteroatoms. The lowest BCUT2D eigenvalue weighted by Gasteiger charge is -2.12. The molecular formula is C13H15F3N2O. The second-order valence-electron chi connectivity index (χ2n) is 4.65. The Morgan fingerprint density at radius 3 is 2.58 bits per heavy atom. The van der Waals surface area contributed by atoms with Gasteiger partial charge in [-0.05, 0) is 30.9 Å². The average Bonchev–Trinajstić information content (AvgIpc) is 3.10. The molecule has 2 rings (SSSR count). The largest absolute Gasteiger partial charge is 0.389 e. The summed E-state index contributed by atoms with van der Waals surface area (Å²) < 4.78 is 36.6. The van der Waals surface area contributed by atoms with Crippen molar-refractivity contribution in [1.29, 1.82) is 0 Å². The van der Waals surface area contributed by atoms with Gasteiger partial charge < -0.3 is 10.6 Å². The van der Waals surface area contributed by atoms with Crippen molar-refractivity contribution < 1.29 is 18.0 Å². The number of alkyl halides is 3. The third-order valence-electron chi connectivity index (χ3n) is 2.86. The Morgan fingerprint density at radius 2 is 1.95 bits per heavy atom. The van der Waals surface area contributed by atoms with Crippen LogP contribution in [0.3, 0.4) is 0 Å². The molecule has 1 aliphatic rings. The number of rotatable bonds is 4. The van der Waals surface area contributed by atoms with Crippen LogP contribution in [0.15, 0.2) is 24.3 Å². The van der Waals surface area contributed by atoms with E-state index in [4.69, 9.17) is 0 Å². The molecule has 0 atom stereocenters. The standard InChI is InChI=1S/C13H15F3N2O/c14-13(15,16)8-7-9-3-1-2-4-11(9)18-12(19)17-10-5-6-10/h1-4,10H,5-8H2,(H2,17,18,19). The van der Waals surface area contributed by atoms with Gasteiger partial charge >= 0.3 is 12.2 Å². The summed E-state index contributed by atoms with van der Waals surface area (Å²) in [7, 11) is 0. The van der Waals surface area contributed by atoms with Crippen molar-refractivity contribution in [2.45, 2.75) is 37.9 Å². The zero-order valence-electron chi connectivity index (χ0n) is 10.3. The van der Waals surface area contributed by atoms with Crippen molar-refractivity contribution in [1.82, 2.24) is 5.32 Å². The summed E-state index contributed by atoms with van der Waals surface area (Å²) in [6, 6.07) is 6.40. The van der Waals surface area contributed by atoms with Crippen molar-refractivity contribution in [3.8, 4) is 0 Å². The van der Waals surface area contributed by atoms with Gasteiger partial charge in [-0.2, -0.15) is 13.2 Å². The molecule has 0 radical (unpaired) electrons. The zero-order valence-corrected chi connectivity index (χ0v) is 10.3. The first kappa shape index (κ1) is 13.7. The molecule has 1 aromatic rings. The lowest BCUT2D eigenvalue weighted by Crippen LogP contribution is -2.30. The molecule has 0 heterocycles. The highest BCUT2D eigenvalue weighted by atomic mass is 19.4. The Labute approximate surface area is 109 Å². The number of hydrogen-bond acceptors (Lipinski definition) is 1. The first-order chi connectivity index (χ1) is 8.94.